The smallest absolute Gasteiger partial charge is 0.286 e. The number of aromatic amines is 1. The molecule has 1 aromatic carbocycles. The fourth-order valence-electron chi connectivity index (χ4n) is 2.53. The number of carbonyl (C=O) groups excluding carboxylic acids is 2. The number of benzene rings is 1. The normalized spacial score (nSPS) is 12.5. The van der Waals surface area contributed by atoms with Crippen molar-refractivity contribution in [1.29, 1.82) is 0 Å². The van der Waals surface area contributed by atoms with Crippen LogP contribution in [0.5, 0.6) is 11.5 Å². The van der Waals surface area contributed by atoms with E-state index in [1.165, 1.54) is 11.3 Å². The molecule has 0 saturated carbocycles. The number of hydrogen-bond donors (Lipinski definition) is 3. The van der Waals surface area contributed by atoms with E-state index in [9.17, 15) is 9.59 Å². The maximum absolute atomic E-state index is 12.2. The zero-order valence-electron chi connectivity index (χ0n) is 13.6. The minimum absolute atomic E-state index is 0.369. The standard InChI is InChI=1S/C18H15N3O4S/c22-17(12-2-1-7-19-12)20-21-18(23)16-6-5-15(26-16)11-3-4-13-14(10-11)25-9-8-24-13/h1-7,10,19H,8-9H2,(H,20,22)(H,21,23). The average molecular weight is 369 g/mol. The number of hydrogen-bond acceptors (Lipinski definition) is 5. The summed E-state index contributed by atoms with van der Waals surface area (Å²) in [5.74, 6) is 0.638. The number of amides is 2. The third-order valence-corrected chi connectivity index (χ3v) is 4.92. The quantitative estimate of drug-likeness (QED) is 0.619. The monoisotopic (exact) mass is 369 g/mol. The maximum Gasteiger partial charge on any atom is 0.286 e. The topological polar surface area (TPSA) is 92.5 Å². The minimum atomic E-state index is -0.410. The molecule has 132 valence electrons. The average Bonchev–Trinajstić information content (AvgIpc) is 3.37. The minimum Gasteiger partial charge on any atom is -0.486 e. The van der Waals surface area contributed by atoms with Crippen molar-refractivity contribution in [1.82, 2.24) is 15.8 Å². The molecule has 3 heterocycles. The number of aromatic nitrogens is 1. The molecule has 0 bridgehead atoms. The molecule has 0 aliphatic carbocycles. The Morgan fingerprint density at radius 3 is 2.58 bits per heavy atom. The van der Waals surface area contributed by atoms with E-state index in [0.717, 1.165) is 16.2 Å². The molecule has 0 radical (unpaired) electrons. The number of carbonyl (C=O) groups is 2. The second-order valence-electron chi connectivity index (χ2n) is 5.51. The van der Waals surface area contributed by atoms with Gasteiger partial charge < -0.3 is 14.5 Å². The molecular weight excluding hydrogens is 354 g/mol. The van der Waals surface area contributed by atoms with E-state index in [1.807, 2.05) is 24.3 Å². The van der Waals surface area contributed by atoms with Gasteiger partial charge in [0.1, 0.15) is 18.9 Å². The Morgan fingerprint density at radius 2 is 1.77 bits per heavy atom. The van der Waals surface area contributed by atoms with Crippen LogP contribution in [0.15, 0.2) is 48.7 Å². The van der Waals surface area contributed by atoms with Gasteiger partial charge in [-0.05, 0) is 48.0 Å². The molecule has 0 saturated heterocycles. The molecule has 0 fully saturated rings. The first-order valence-corrected chi connectivity index (χ1v) is 8.76. The molecular formula is C18H15N3O4S. The lowest BCUT2D eigenvalue weighted by atomic mass is 10.1. The van der Waals surface area contributed by atoms with Crippen LogP contribution in [0.3, 0.4) is 0 Å². The SMILES string of the molecule is O=C(NNC(=O)c1ccc(-c2ccc3c(c2)OCCO3)s1)c1ccc[nH]1. The highest BCUT2D eigenvalue weighted by Crippen LogP contribution is 2.36. The molecule has 3 aromatic rings. The zero-order chi connectivity index (χ0) is 17.9. The lowest BCUT2D eigenvalue weighted by molar-refractivity contribution is 0.0846. The van der Waals surface area contributed by atoms with Gasteiger partial charge in [0.05, 0.1) is 4.88 Å². The first kappa shape index (κ1) is 16.2. The number of hydrazine groups is 1. The van der Waals surface area contributed by atoms with Crippen molar-refractivity contribution in [3.8, 4) is 21.9 Å². The van der Waals surface area contributed by atoms with Gasteiger partial charge in [-0.1, -0.05) is 0 Å². The highest BCUT2D eigenvalue weighted by atomic mass is 32.1. The van der Waals surface area contributed by atoms with E-state index < -0.39 is 5.91 Å². The van der Waals surface area contributed by atoms with Gasteiger partial charge in [0.2, 0.25) is 0 Å². The van der Waals surface area contributed by atoms with Crippen LogP contribution in [0.4, 0.5) is 0 Å². The lowest BCUT2D eigenvalue weighted by Crippen LogP contribution is -2.41. The predicted octanol–water partition coefficient (Wildman–Crippen LogP) is 2.59. The third kappa shape index (κ3) is 3.27. The lowest BCUT2D eigenvalue weighted by Gasteiger charge is -2.18. The molecule has 7 nitrogen and oxygen atoms in total. The van der Waals surface area contributed by atoms with Gasteiger partial charge in [-0.25, -0.2) is 0 Å². The first-order chi connectivity index (χ1) is 12.7. The molecule has 0 atom stereocenters. The summed E-state index contributed by atoms with van der Waals surface area (Å²) in [6.07, 6.45) is 1.63. The number of thiophene rings is 1. The Labute approximate surface area is 152 Å². The highest BCUT2D eigenvalue weighted by Gasteiger charge is 2.15. The van der Waals surface area contributed by atoms with Crippen LogP contribution in [0.25, 0.3) is 10.4 Å². The van der Waals surface area contributed by atoms with E-state index in [1.54, 1.807) is 24.4 Å². The summed E-state index contributed by atoms with van der Waals surface area (Å²) in [6.45, 7) is 1.07. The summed E-state index contributed by atoms with van der Waals surface area (Å²) < 4.78 is 11.1. The Kier molecular flexibility index (Phi) is 4.32. The van der Waals surface area contributed by atoms with Crippen LogP contribution in [-0.2, 0) is 0 Å². The summed E-state index contributed by atoms with van der Waals surface area (Å²) in [5.41, 5.74) is 6.09. The fraction of sp³-hybridized carbons (Fsp3) is 0.111. The van der Waals surface area contributed by atoms with Crippen molar-refractivity contribution in [3.05, 3.63) is 59.2 Å². The largest absolute Gasteiger partial charge is 0.486 e. The molecule has 0 unspecified atom stereocenters. The molecule has 1 aliphatic heterocycles. The number of nitrogens with one attached hydrogen (secondary N) is 3. The van der Waals surface area contributed by atoms with Gasteiger partial charge in [-0.2, -0.15) is 0 Å². The summed E-state index contributed by atoms with van der Waals surface area (Å²) in [6, 6.07) is 12.6. The van der Waals surface area contributed by atoms with Crippen LogP contribution in [-0.4, -0.2) is 30.0 Å². The van der Waals surface area contributed by atoms with Crippen LogP contribution in [0.1, 0.15) is 20.2 Å². The molecule has 4 rings (SSSR count). The second-order valence-corrected chi connectivity index (χ2v) is 6.60. The Bertz CT molecular complexity index is 949. The fourth-order valence-corrected chi connectivity index (χ4v) is 3.42. The van der Waals surface area contributed by atoms with Gasteiger partial charge in [0, 0.05) is 11.1 Å². The van der Waals surface area contributed by atoms with Gasteiger partial charge >= 0.3 is 0 Å². The van der Waals surface area contributed by atoms with Crippen LogP contribution < -0.4 is 20.3 Å². The first-order valence-electron chi connectivity index (χ1n) is 7.94. The molecule has 8 heteroatoms. The molecule has 3 N–H and O–H groups in total. The third-order valence-electron chi connectivity index (χ3n) is 3.79. The molecule has 0 spiro atoms. The van der Waals surface area contributed by atoms with E-state index in [2.05, 4.69) is 15.8 Å². The number of H-pyrrole nitrogens is 1. The van der Waals surface area contributed by atoms with Crippen LogP contribution in [0.2, 0.25) is 0 Å². The van der Waals surface area contributed by atoms with Crippen molar-refractivity contribution in [3.63, 3.8) is 0 Å². The summed E-state index contributed by atoms with van der Waals surface area (Å²) >= 11 is 1.33. The van der Waals surface area contributed by atoms with Crippen LogP contribution in [0, 0.1) is 0 Å². The Balaban J connectivity index is 1.44. The summed E-state index contributed by atoms with van der Waals surface area (Å²) in [7, 11) is 0. The van der Waals surface area contributed by atoms with Crippen molar-refractivity contribution in [2.75, 3.05) is 13.2 Å². The summed E-state index contributed by atoms with van der Waals surface area (Å²) in [4.78, 5) is 28.2. The number of ether oxygens (including phenoxy) is 2. The van der Waals surface area contributed by atoms with Crippen molar-refractivity contribution >= 4 is 23.2 Å². The Hall–Kier alpha value is -3.26. The summed E-state index contributed by atoms with van der Waals surface area (Å²) in [5, 5.41) is 0. The van der Waals surface area contributed by atoms with E-state index in [4.69, 9.17) is 9.47 Å². The number of fused-ring (bicyclic) bond motifs is 1. The molecule has 2 amide bonds. The van der Waals surface area contributed by atoms with Gasteiger partial charge in [0.25, 0.3) is 11.8 Å². The van der Waals surface area contributed by atoms with Gasteiger partial charge in [0.15, 0.2) is 11.5 Å². The van der Waals surface area contributed by atoms with E-state index in [0.29, 0.717) is 29.5 Å². The Morgan fingerprint density at radius 1 is 0.962 bits per heavy atom. The zero-order valence-corrected chi connectivity index (χ0v) is 14.4. The van der Waals surface area contributed by atoms with Crippen molar-refractivity contribution < 1.29 is 19.1 Å². The van der Waals surface area contributed by atoms with Gasteiger partial charge in [-0.3, -0.25) is 20.4 Å². The second kappa shape index (κ2) is 6.93. The van der Waals surface area contributed by atoms with Crippen molar-refractivity contribution in [2.24, 2.45) is 0 Å². The van der Waals surface area contributed by atoms with E-state index in [-0.39, 0.29) is 5.91 Å². The van der Waals surface area contributed by atoms with Crippen molar-refractivity contribution in [2.45, 2.75) is 0 Å². The highest BCUT2D eigenvalue weighted by molar-refractivity contribution is 7.17. The predicted molar refractivity (Wildman–Crippen MR) is 96.5 cm³/mol. The van der Waals surface area contributed by atoms with E-state index >= 15 is 0 Å². The van der Waals surface area contributed by atoms with Gasteiger partial charge in [-0.15, -0.1) is 11.3 Å². The maximum atomic E-state index is 12.2. The molecule has 2 aromatic heterocycles. The number of rotatable bonds is 3. The van der Waals surface area contributed by atoms with Crippen LogP contribution >= 0.6 is 11.3 Å². The molecule has 1 aliphatic rings. The molecule has 26 heavy (non-hydrogen) atoms.